The molecule has 2 aromatic heterocycles. The third-order valence-electron chi connectivity index (χ3n) is 5.29. The summed E-state index contributed by atoms with van der Waals surface area (Å²) in [4.78, 5) is 32.9. The minimum atomic E-state index is -3.13. The van der Waals surface area contributed by atoms with Crippen LogP contribution >= 0.6 is 0 Å². The van der Waals surface area contributed by atoms with Crippen LogP contribution in [0.5, 0.6) is 5.75 Å². The van der Waals surface area contributed by atoms with Crippen LogP contribution in [0.1, 0.15) is 28.7 Å². The van der Waals surface area contributed by atoms with Crippen molar-refractivity contribution >= 4 is 32.7 Å². The maximum Gasteiger partial charge on any atom is 0.274 e. The van der Waals surface area contributed by atoms with Gasteiger partial charge in [0, 0.05) is 50.4 Å². The number of aromatic hydroxyl groups is 1. The predicted octanol–water partition coefficient (Wildman–Crippen LogP) is 1.48. The van der Waals surface area contributed by atoms with Crippen molar-refractivity contribution in [3.8, 4) is 5.75 Å². The number of pyridine rings is 2. The van der Waals surface area contributed by atoms with Gasteiger partial charge in [0.2, 0.25) is 15.9 Å². The molecule has 1 aliphatic heterocycles. The zero-order chi connectivity index (χ0) is 25.6. The van der Waals surface area contributed by atoms with Crippen molar-refractivity contribution in [2.24, 2.45) is 0 Å². The van der Waals surface area contributed by atoms with Gasteiger partial charge in [-0.15, -0.1) is 0 Å². The third kappa shape index (κ3) is 6.93. The average Bonchev–Trinajstić information content (AvgIpc) is 3.02. The van der Waals surface area contributed by atoms with E-state index in [1.165, 1.54) is 24.0 Å². The van der Waals surface area contributed by atoms with Crippen LogP contribution in [0.25, 0.3) is 10.9 Å². The first-order valence-electron chi connectivity index (χ1n) is 10.8. The van der Waals surface area contributed by atoms with Crippen molar-refractivity contribution in [3.05, 3.63) is 65.4 Å². The molecule has 10 nitrogen and oxygen atoms in total. The van der Waals surface area contributed by atoms with Crippen molar-refractivity contribution in [1.82, 2.24) is 24.9 Å². The molecular weight excluding hydrogens is 477 g/mol. The van der Waals surface area contributed by atoms with E-state index in [-0.39, 0.29) is 35.5 Å². The number of nitrogens with one attached hydrogen (secondary N) is 2. The monoisotopic (exact) mass is 503 g/mol. The highest BCUT2D eigenvalue weighted by Crippen LogP contribution is 2.27. The van der Waals surface area contributed by atoms with E-state index in [1.807, 2.05) is 0 Å². The minimum Gasteiger partial charge on any atom is -0.504 e. The van der Waals surface area contributed by atoms with Crippen LogP contribution in [0.15, 0.2) is 42.6 Å². The molecule has 3 heterocycles. The number of nitrogens with zero attached hydrogens (tertiary/aromatic N) is 3. The maximum atomic E-state index is 12.9. The van der Waals surface area contributed by atoms with Crippen LogP contribution in [0, 0.1) is 12.7 Å². The molecular formula is C23H26FN5O5S. The van der Waals surface area contributed by atoms with E-state index in [1.54, 1.807) is 37.4 Å². The van der Waals surface area contributed by atoms with Gasteiger partial charge in [0.1, 0.15) is 11.3 Å². The first kappa shape index (κ1) is 26.0. The van der Waals surface area contributed by atoms with Crippen molar-refractivity contribution in [3.63, 3.8) is 0 Å². The molecule has 0 atom stereocenters. The second-order valence-electron chi connectivity index (χ2n) is 7.82. The summed E-state index contributed by atoms with van der Waals surface area (Å²) in [6, 6.07) is 9.32. The van der Waals surface area contributed by atoms with Gasteiger partial charge in [-0.25, -0.2) is 22.5 Å². The molecule has 0 spiro atoms. The van der Waals surface area contributed by atoms with Crippen molar-refractivity contribution < 1.29 is 27.5 Å². The number of hydrogen-bond acceptors (Lipinski definition) is 7. The van der Waals surface area contributed by atoms with Crippen molar-refractivity contribution in [2.45, 2.75) is 20.4 Å². The lowest BCUT2D eigenvalue weighted by Gasteiger charge is -2.15. The summed E-state index contributed by atoms with van der Waals surface area (Å²) in [5.41, 5.74) is 1.62. The van der Waals surface area contributed by atoms with Gasteiger partial charge in [-0.05, 0) is 36.8 Å². The largest absolute Gasteiger partial charge is 0.504 e. The number of amides is 2. The SMILES string of the molecule is CC(=O)N1CCNS(=O)(=O)CC1.Cc1nc(C(=O)NCc2ccc(F)cc2)c(O)c2ncccc12. The summed E-state index contributed by atoms with van der Waals surface area (Å²) in [5.74, 6) is -1.16. The fourth-order valence-corrected chi connectivity index (χ4v) is 4.38. The number of halogens is 1. The Kier molecular flexibility index (Phi) is 8.30. The molecule has 35 heavy (non-hydrogen) atoms. The predicted molar refractivity (Wildman–Crippen MR) is 128 cm³/mol. The molecule has 0 radical (unpaired) electrons. The van der Waals surface area contributed by atoms with Gasteiger partial charge in [0.15, 0.2) is 11.4 Å². The van der Waals surface area contributed by atoms with E-state index >= 15 is 0 Å². The van der Waals surface area contributed by atoms with Crippen LogP contribution in [-0.2, 0) is 21.4 Å². The molecule has 12 heteroatoms. The molecule has 186 valence electrons. The molecule has 1 fully saturated rings. The highest BCUT2D eigenvalue weighted by molar-refractivity contribution is 7.89. The Balaban J connectivity index is 0.000000241. The third-order valence-corrected chi connectivity index (χ3v) is 6.65. The van der Waals surface area contributed by atoms with Crippen LogP contribution in [-0.4, -0.2) is 65.6 Å². The molecule has 3 N–H and O–H groups in total. The van der Waals surface area contributed by atoms with E-state index < -0.39 is 15.9 Å². The Bertz CT molecular complexity index is 1330. The lowest BCUT2D eigenvalue weighted by molar-refractivity contribution is -0.128. The molecule has 1 aliphatic rings. The highest BCUT2D eigenvalue weighted by Gasteiger charge is 2.20. The number of benzene rings is 1. The summed E-state index contributed by atoms with van der Waals surface area (Å²) in [6.07, 6.45) is 1.54. The number of aromatic nitrogens is 2. The smallest absolute Gasteiger partial charge is 0.274 e. The second kappa shape index (κ2) is 11.2. The fraction of sp³-hybridized carbons (Fsp3) is 0.304. The number of sulfonamides is 1. The van der Waals surface area contributed by atoms with E-state index in [4.69, 9.17) is 0 Å². The fourth-order valence-electron chi connectivity index (χ4n) is 3.37. The standard InChI is InChI=1S/C17H14FN3O2.C6H12N2O3S/c1-10-13-3-2-8-19-14(13)16(22)15(21-10)17(23)20-9-11-4-6-12(18)7-5-11;1-6(9)8-3-2-7-12(10,11)5-4-8/h2-8,22H,9H2,1H3,(H,20,23);7H,2-5H2,1H3. The van der Waals surface area contributed by atoms with Gasteiger partial charge >= 0.3 is 0 Å². The first-order chi connectivity index (χ1) is 16.6. The molecule has 4 rings (SSSR count). The molecule has 3 aromatic rings. The van der Waals surface area contributed by atoms with Crippen LogP contribution in [0.3, 0.4) is 0 Å². The van der Waals surface area contributed by atoms with E-state index in [0.29, 0.717) is 36.2 Å². The van der Waals surface area contributed by atoms with Gasteiger partial charge in [0.25, 0.3) is 5.91 Å². The van der Waals surface area contributed by atoms with E-state index in [2.05, 4.69) is 20.0 Å². The zero-order valence-electron chi connectivity index (χ0n) is 19.3. The molecule has 1 saturated heterocycles. The van der Waals surface area contributed by atoms with Crippen LogP contribution in [0.2, 0.25) is 0 Å². The number of rotatable bonds is 3. The van der Waals surface area contributed by atoms with Gasteiger partial charge in [-0.3, -0.25) is 14.6 Å². The molecule has 0 bridgehead atoms. The molecule has 2 amide bonds. The lowest BCUT2D eigenvalue weighted by Crippen LogP contribution is -2.32. The van der Waals surface area contributed by atoms with Crippen LogP contribution < -0.4 is 10.0 Å². The van der Waals surface area contributed by atoms with Gasteiger partial charge in [-0.2, -0.15) is 0 Å². The molecule has 1 aromatic carbocycles. The second-order valence-corrected chi connectivity index (χ2v) is 9.75. The Morgan fingerprint density at radius 2 is 1.91 bits per heavy atom. The number of carbonyl (C=O) groups excluding carboxylic acids is 2. The van der Waals surface area contributed by atoms with Gasteiger partial charge in [-0.1, -0.05) is 12.1 Å². The normalized spacial score (nSPS) is 15.0. The summed E-state index contributed by atoms with van der Waals surface area (Å²) >= 11 is 0. The molecule has 0 aliphatic carbocycles. The molecule has 0 unspecified atom stereocenters. The average molecular weight is 504 g/mol. The lowest BCUT2D eigenvalue weighted by atomic mass is 10.1. The Hall–Kier alpha value is -3.64. The zero-order valence-corrected chi connectivity index (χ0v) is 20.1. The maximum absolute atomic E-state index is 12.9. The van der Waals surface area contributed by atoms with Crippen molar-refractivity contribution in [1.29, 1.82) is 0 Å². The number of fused-ring (bicyclic) bond motifs is 1. The summed E-state index contributed by atoms with van der Waals surface area (Å²) < 4.78 is 37.2. The Labute approximate surface area is 202 Å². The van der Waals surface area contributed by atoms with Crippen LogP contribution in [0.4, 0.5) is 4.39 Å². The summed E-state index contributed by atoms with van der Waals surface area (Å²) in [7, 11) is -3.13. The van der Waals surface area contributed by atoms with Gasteiger partial charge in [0.05, 0.1) is 5.75 Å². The Morgan fingerprint density at radius 3 is 2.60 bits per heavy atom. The van der Waals surface area contributed by atoms with E-state index in [0.717, 1.165) is 5.56 Å². The van der Waals surface area contributed by atoms with E-state index in [9.17, 15) is 27.5 Å². The molecule has 0 saturated carbocycles. The van der Waals surface area contributed by atoms with Gasteiger partial charge < -0.3 is 15.3 Å². The summed E-state index contributed by atoms with van der Waals surface area (Å²) in [6.45, 7) is 4.48. The topological polar surface area (TPSA) is 142 Å². The first-order valence-corrected chi connectivity index (χ1v) is 12.4. The minimum absolute atomic E-state index is 0.00653. The number of aryl methyl sites for hydroxylation is 1. The highest BCUT2D eigenvalue weighted by atomic mass is 32.2. The number of hydrogen-bond donors (Lipinski definition) is 3. The quantitative estimate of drug-likeness (QED) is 0.492. The summed E-state index contributed by atoms with van der Waals surface area (Å²) in [5, 5.41) is 13.6. The Morgan fingerprint density at radius 1 is 1.20 bits per heavy atom. The van der Waals surface area contributed by atoms with Crippen molar-refractivity contribution in [2.75, 3.05) is 25.4 Å². The number of carbonyl (C=O) groups is 2.